The molecular weight excluding hydrogens is 406 g/mol. The maximum atomic E-state index is 11.4. The standard InChI is InChI=1S/C25H25N3O4/c1-25(2,3)17-7-4-15(5-8-17)13-28-18-9-6-16(10-21(31)32)24(27-14-29)23(18)22-19(28)11-26-12-20(22)30/h4-9,11-12,14,30H,10,13H2,1-3H3,(H,27,29)(H,31,32). The van der Waals surface area contributed by atoms with Gasteiger partial charge >= 0.3 is 5.97 Å². The number of aromatic hydroxyl groups is 1. The van der Waals surface area contributed by atoms with Crippen molar-refractivity contribution in [3.63, 3.8) is 0 Å². The van der Waals surface area contributed by atoms with Gasteiger partial charge in [0.2, 0.25) is 6.41 Å². The van der Waals surface area contributed by atoms with Crippen LogP contribution in [-0.4, -0.2) is 32.1 Å². The number of carbonyl (C=O) groups excluding carboxylic acids is 1. The normalized spacial score (nSPS) is 11.7. The predicted octanol–water partition coefficient (Wildman–Crippen LogP) is 4.44. The summed E-state index contributed by atoms with van der Waals surface area (Å²) in [6.45, 7) is 7.02. The van der Waals surface area contributed by atoms with E-state index in [4.69, 9.17) is 0 Å². The number of aliphatic carboxylic acids is 1. The Labute approximate surface area is 185 Å². The van der Waals surface area contributed by atoms with E-state index in [1.807, 2.05) is 10.6 Å². The zero-order valence-corrected chi connectivity index (χ0v) is 18.2. The van der Waals surface area contributed by atoms with Crippen molar-refractivity contribution >= 4 is 39.9 Å². The van der Waals surface area contributed by atoms with Crippen LogP contribution < -0.4 is 5.32 Å². The summed E-state index contributed by atoms with van der Waals surface area (Å²) < 4.78 is 2.02. The molecule has 4 rings (SSSR count). The number of nitrogens with one attached hydrogen (secondary N) is 1. The summed E-state index contributed by atoms with van der Waals surface area (Å²) in [4.78, 5) is 26.9. The topological polar surface area (TPSA) is 104 Å². The number of nitrogens with zero attached hydrogens (tertiary/aromatic N) is 2. The van der Waals surface area contributed by atoms with E-state index in [0.717, 1.165) is 11.1 Å². The summed E-state index contributed by atoms with van der Waals surface area (Å²) >= 11 is 0. The minimum Gasteiger partial charge on any atom is -0.506 e. The molecule has 0 spiro atoms. The van der Waals surface area contributed by atoms with E-state index in [0.29, 0.717) is 40.5 Å². The van der Waals surface area contributed by atoms with E-state index in [9.17, 15) is 19.8 Å². The van der Waals surface area contributed by atoms with Crippen molar-refractivity contribution in [1.29, 1.82) is 0 Å². The smallest absolute Gasteiger partial charge is 0.307 e. The quantitative estimate of drug-likeness (QED) is 0.392. The van der Waals surface area contributed by atoms with Gasteiger partial charge in [-0.1, -0.05) is 51.1 Å². The van der Waals surface area contributed by atoms with Crippen LogP contribution in [0.3, 0.4) is 0 Å². The van der Waals surface area contributed by atoms with Gasteiger partial charge in [-0.25, -0.2) is 0 Å². The lowest BCUT2D eigenvalue weighted by Gasteiger charge is -2.19. The first kappa shape index (κ1) is 21.4. The summed E-state index contributed by atoms with van der Waals surface area (Å²) in [5, 5.41) is 23.7. The average Bonchev–Trinajstić information content (AvgIpc) is 3.04. The molecule has 0 unspecified atom stereocenters. The molecule has 2 heterocycles. The minimum absolute atomic E-state index is 0.0317. The van der Waals surface area contributed by atoms with Gasteiger partial charge in [-0.15, -0.1) is 0 Å². The van der Waals surface area contributed by atoms with Crippen LogP contribution in [0.25, 0.3) is 21.8 Å². The van der Waals surface area contributed by atoms with Crippen LogP contribution in [0.2, 0.25) is 0 Å². The van der Waals surface area contributed by atoms with Crippen molar-refractivity contribution in [3.05, 3.63) is 65.5 Å². The maximum absolute atomic E-state index is 11.4. The summed E-state index contributed by atoms with van der Waals surface area (Å²) in [5.41, 5.74) is 4.66. The largest absolute Gasteiger partial charge is 0.506 e. The number of hydrogen-bond donors (Lipinski definition) is 3. The lowest BCUT2D eigenvalue weighted by molar-refractivity contribution is -0.136. The second-order valence-corrected chi connectivity index (χ2v) is 8.91. The maximum Gasteiger partial charge on any atom is 0.307 e. The SMILES string of the molecule is CC(C)(C)c1ccc(Cn2c3cncc(O)c3c3c(NC=O)c(CC(=O)O)ccc32)cc1. The minimum atomic E-state index is -1.01. The fraction of sp³-hybridized carbons (Fsp3) is 0.240. The molecule has 2 aromatic heterocycles. The molecule has 0 radical (unpaired) electrons. The van der Waals surface area contributed by atoms with E-state index in [-0.39, 0.29) is 17.6 Å². The molecule has 0 saturated carbocycles. The Balaban J connectivity index is 1.94. The first-order chi connectivity index (χ1) is 15.2. The molecule has 7 nitrogen and oxygen atoms in total. The Morgan fingerprint density at radius 3 is 2.41 bits per heavy atom. The summed E-state index contributed by atoms with van der Waals surface area (Å²) in [7, 11) is 0. The molecule has 0 bridgehead atoms. The van der Waals surface area contributed by atoms with E-state index in [1.165, 1.54) is 11.8 Å². The van der Waals surface area contributed by atoms with Gasteiger partial charge in [-0.05, 0) is 28.2 Å². The zero-order valence-electron chi connectivity index (χ0n) is 18.2. The van der Waals surface area contributed by atoms with E-state index in [2.05, 4.69) is 55.3 Å². The van der Waals surface area contributed by atoms with Crippen LogP contribution in [0.5, 0.6) is 5.75 Å². The van der Waals surface area contributed by atoms with Crippen molar-refractivity contribution < 1.29 is 19.8 Å². The molecule has 7 heteroatoms. The molecule has 2 aromatic carbocycles. The lowest BCUT2D eigenvalue weighted by atomic mass is 9.87. The molecule has 0 atom stereocenters. The number of amides is 1. The van der Waals surface area contributed by atoms with Crippen LogP contribution in [0, 0.1) is 0 Å². The molecule has 3 N–H and O–H groups in total. The second-order valence-electron chi connectivity index (χ2n) is 8.91. The average molecular weight is 431 g/mol. The highest BCUT2D eigenvalue weighted by Gasteiger charge is 2.21. The third kappa shape index (κ3) is 3.77. The monoisotopic (exact) mass is 431 g/mol. The number of anilines is 1. The van der Waals surface area contributed by atoms with Crippen molar-refractivity contribution in [2.75, 3.05) is 5.32 Å². The number of benzene rings is 2. The first-order valence-electron chi connectivity index (χ1n) is 10.3. The fourth-order valence-corrected chi connectivity index (χ4v) is 4.14. The summed E-state index contributed by atoms with van der Waals surface area (Å²) in [6, 6.07) is 11.9. The lowest BCUT2D eigenvalue weighted by Crippen LogP contribution is -2.11. The fourth-order valence-electron chi connectivity index (χ4n) is 4.14. The van der Waals surface area contributed by atoms with Crippen LogP contribution in [0.15, 0.2) is 48.8 Å². The van der Waals surface area contributed by atoms with Gasteiger partial charge in [-0.3, -0.25) is 14.6 Å². The third-order valence-electron chi connectivity index (χ3n) is 5.71. The van der Waals surface area contributed by atoms with Gasteiger partial charge in [0, 0.05) is 11.9 Å². The van der Waals surface area contributed by atoms with E-state index < -0.39 is 5.97 Å². The Kier molecular flexibility index (Phi) is 5.34. The molecule has 32 heavy (non-hydrogen) atoms. The zero-order chi connectivity index (χ0) is 23.0. The van der Waals surface area contributed by atoms with Gasteiger partial charge in [0.25, 0.3) is 0 Å². The Morgan fingerprint density at radius 1 is 1.06 bits per heavy atom. The number of carboxylic acids is 1. The molecule has 0 aliphatic carbocycles. The highest BCUT2D eigenvalue weighted by molar-refractivity contribution is 6.18. The van der Waals surface area contributed by atoms with Gasteiger partial charge in [0.15, 0.2) is 0 Å². The number of carboxylic acid groups (broad SMARTS) is 1. The second kappa shape index (κ2) is 8.00. The number of rotatable bonds is 6. The van der Waals surface area contributed by atoms with Gasteiger partial charge in [-0.2, -0.15) is 0 Å². The van der Waals surface area contributed by atoms with Crippen molar-refractivity contribution in [2.24, 2.45) is 0 Å². The van der Waals surface area contributed by atoms with Crippen molar-refractivity contribution in [2.45, 2.75) is 39.2 Å². The Bertz CT molecular complexity index is 1330. The van der Waals surface area contributed by atoms with Crippen LogP contribution >= 0.6 is 0 Å². The molecule has 0 saturated heterocycles. The molecule has 1 amide bonds. The van der Waals surface area contributed by atoms with Crippen LogP contribution in [0.1, 0.15) is 37.5 Å². The van der Waals surface area contributed by atoms with Crippen LogP contribution in [-0.2, 0) is 28.0 Å². The molecule has 164 valence electrons. The molecule has 0 aliphatic rings. The van der Waals surface area contributed by atoms with Crippen LogP contribution in [0.4, 0.5) is 5.69 Å². The highest BCUT2D eigenvalue weighted by Crippen LogP contribution is 2.40. The summed E-state index contributed by atoms with van der Waals surface area (Å²) in [6.07, 6.45) is 3.28. The highest BCUT2D eigenvalue weighted by atomic mass is 16.4. The van der Waals surface area contributed by atoms with Crippen molar-refractivity contribution in [1.82, 2.24) is 9.55 Å². The van der Waals surface area contributed by atoms with Gasteiger partial charge in [0.05, 0.1) is 40.9 Å². The van der Waals surface area contributed by atoms with Gasteiger partial charge in [0.1, 0.15) is 5.75 Å². The molecule has 0 aliphatic heterocycles. The van der Waals surface area contributed by atoms with Crippen molar-refractivity contribution in [3.8, 4) is 5.75 Å². The summed E-state index contributed by atoms with van der Waals surface area (Å²) in [5.74, 6) is -1.04. The predicted molar refractivity (Wildman–Crippen MR) is 124 cm³/mol. The number of hydrogen-bond acceptors (Lipinski definition) is 4. The molecule has 0 fully saturated rings. The number of pyridine rings is 1. The third-order valence-corrected chi connectivity index (χ3v) is 5.71. The number of fused-ring (bicyclic) bond motifs is 3. The van der Waals surface area contributed by atoms with Gasteiger partial charge < -0.3 is 20.1 Å². The Morgan fingerprint density at radius 2 is 1.78 bits per heavy atom. The number of aromatic nitrogens is 2. The first-order valence-corrected chi connectivity index (χ1v) is 10.3. The Hall–Kier alpha value is -3.87. The van der Waals surface area contributed by atoms with E-state index in [1.54, 1.807) is 12.3 Å². The molecular formula is C25H25N3O4. The number of carbonyl (C=O) groups is 2. The van der Waals surface area contributed by atoms with E-state index >= 15 is 0 Å². The molecule has 4 aromatic rings.